The highest BCUT2D eigenvalue weighted by Gasteiger charge is 2.45. The molecule has 2 aromatic heterocycles. The maximum atomic E-state index is 13.7. The van der Waals surface area contributed by atoms with Crippen LogP contribution in [0.2, 0.25) is 5.02 Å². The van der Waals surface area contributed by atoms with Crippen LogP contribution in [-0.4, -0.2) is 49.5 Å². The van der Waals surface area contributed by atoms with Crippen molar-refractivity contribution in [3.63, 3.8) is 0 Å². The molecule has 0 N–H and O–H groups in total. The Labute approximate surface area is 186 Å². The molecule has 3 aliphatic rings. The van der Waals surface area contributed by atoms with E-state index >= 15 is 0 Å². The summed E-state index contributed by atoms with van der Waals surface area (Å²) in [6.45, 7) is 4.66. The van der Waals surface area contributed by atoms with Crippen LogP contribution in [0.3, 0.4) is 0 Å². The van der Waals surface area contributed by atoms with E-state index in [9.17, 15) is 4.79 Å². The molecule has 8 heteroatoms. The number of aryl methyl sites for hydroxylation is 2. The third kappa shape index (κ3) is 3.78. The molecule has 1 aliphatic carbocycles. The van der Waals surface area contributed by atoms with Gasteiger partial charge in [-0.25, -0.2) is 4.98 Å². The average molecular weight is 438 g/mol. The number of benzene rings is 1. The van der Waals surface area contributed by atoms with Gasteiger partial charge in [0, 0.05) is 12.7 Å². The van der Waals surface area contributed by atoms with Gasteiger partial charge < -0.3 is 9.64 Å². The van der Waals surface area contributed by atoms with E-state index in [4.69, 9.17) is 16.3 Å². The van der Waals surface area contributed by atoms with Crippen molar-refractivity contribution in [2.24, 2.45) is 5.92 Å². The number of amides is 1. The van der Waals surface area contributed by atoms with Crippen molar-refractivity contribution >= 4 is 17.5 Å². The van der Waals surface area contributed by atoms with Crippen LogP contribution in [0.25, 0.3) is 5.69 Å². The van der Waals surface area contributed by atoms with Gasteiger partial charge in [-0.15, -0.1) is 0 Å². The number of hydrogen-bond acceptors (Lipinski definition) is 5. The zero-order valence-electron chi connectivity index (χ0n) is 17.5. The number of piperidine rings is 2. The van der Waals surface area contributed by atoms with Gasteiger partial charge in [-0.2, -0.15) is 15.0 Å². The molecule has 6 rings (SSSR count). The molecule has 1 amide bonds. The second-order valence-corrected chi connectivity index (χ2v) is 8.91. The van der Waals surface area contributed by atoms with Gasteiger partial charge in [0.2, 0.25) is 5.88 Å². The Bertz CT molecular complexity index is 1120. The molecule has 1 saturated carbocycles. The van der Waals surface area contributed by atoms with E-state index in [1.54, 1.807) is 18.6 Å². The molecule has 160 valence electrons. The first-order valence-corrected chi connectivity index (χ1v) is 10.9. The largest absolute Gasteiger partial charge is 0.471 e. The van der Waals surface area contributed by atoms with Crippen LogP contribution in [-0.2, 0) is 0 Å². The summed E-state index contributed by atoms with van der Waals surface area (Å²) in [5.74, 6) is 0.829. The molecule has 3 atom stereocenters. The summed E-state index contributed by atoms with van der Waals surface area (Å²) >= 11 is 6.36. The zero-order valence-corrected chi connectivity index (χ0v) is 18.3. The van der Waals surface area contributed by atoms with E-state index in [2.05, 4.69) is 15.2 Å². The van der Waals surface area contributed by atoms with Crippen molar-refractivity contribution in [2.45, 2.75) is 45.3 Å². The van der Waals surface area contributed by atoms with E-state index in [1.807, 2.05) is 43.0 Å². The van der Waals surface area contributed by atoms with Gasteiger partial charge in [-0.1, -0.05) is 23.2 Å². The summed E-state index contributed by atoms with van der Waals surface area (Å²) in [6.07, 6.45) is 7.76. The molecular formula is C23H24ClN5O2. The first kappa shape index (κ1) is 20.0. The number of aromatic nitrogens is 4. The fourth-order valence-corrected chi connectivity index (χ4v) is 5.00. The van der Waals surface area contributed by atoms with E-state index < -0.39 is 0 Å². The first-order chi connectivity index (χ1) is 15.0. The number of pyridine rings is 1. The molecule has 1 aromatic carbocycles. The molecule has 2 bridgehead atoms. The van der Waals surface area contributed by atoms with Crippen LogP contribution in [0.4, 0.5) is 0 Å². The van der Waals surface area contributed by atoms with Crippen LogP contribution >= 0.6 is 11.6 Å². The Hall–Kier alpha value is -2.93. The Morgan fingerprint density at radius 3 is 2.68 bits per heavy atom. The third-order valence-electron chi connectivity index (χ3n) is 6.21. The monoisotopic (exact) mass is 437 g/mol. The highest BCUT2D eigenvalue weighted by Crippen LogP contribution is 2.39. The average Bonchev–Trinajstić information content (AvgIpc) is 3.30. The lowest BCUT2D eigenvalue weighted by atomic mass is 9.77. The lowest BCUT2D eigenvalue weighted by Gasteiger charge is -2.49. The molecule has 3 unspecified atom stereocenters. The van der Waals surface area contributed by atoms with Gasteiger partial charge in [-0.3, -0.25) is 4.79 Å². The van der Waals surface area contributed by atoms with Gasteiger partial charge in [0.1, 0.15) is 11.1 Å². The van der Waals surface area contributed by atoms with Crippen LogP contribution in [0.15, 0.2) is 42.9 Å². The smallest absolute Gasteiger partial charge is 0.256 e. The Kier molecular flexibility index (Phi) is 5.14. The van der Waals surface area contributed by atoms with Crippen molar-refractivity contribution in [1.29, 1.82) is 0 Å². The number of nitrogens with zero attached hydrogens (tertiary/aromatic N) is 5. The van der Waals surface area contributed by atoms with Crippen molar-refractivity contribution in [2.75, 3.05) is 6.54 Å². The molecular weight excluding hydrogens is 414 g/mol. The van der Waals surface area contributed by atoms with Crippen LogP contribution in [0, 0.1) is 19.8 Å². The number of carbonyl (C=O) groups is 1. The quantitative estimate of drug-likeness (QED) is 0.616. The second-order valence-electron chi connectivity index (χ2n) is 8.50. The molecule has 0 spiro atoms. The van der Waals surface area contributed by atoms with E-state index in [-0.39, 0.29) is 18.1 Å². The van der Waals surface area contributed by atoms with E-state index in [0.717, 1.165) is 36.9 Å². The molecule has 3 aromatic rings. The predicted octanol–water partition coefficient (Wildman–Crippen LogP) is 4.00. The molecule has 2 saturated heterocycles. The number of carbonyl (C=O) groups excluding carboxylic acids is 1. The summed E-state index contributed by atoms with van der Waals surface area (Å²) in [7, 11) is 0. The summed E-state index contributed by atoms with van der Waals surface area (Å²) < 4.78 is 6.25. The summed E-state index contributed by atoms with van der Waals surface area (Å²) in [5.41, 5.74) is 3.29. The lowest BCUT2D eigenvalue weighted by Crippen LogP contribution is -2.59. The lowest BCUT2D eigenvalue weighted by molar-refractivity contribution is -0.0313. The maximum Gasteiger partial charge on any atom is 0.256 e. The highest BCUT2D eigenvalue weighted by atomic mass is 35.5. The van der Waals surface area contributed by atoms with E-state index in [0.29, 0.717) is 28.1 Å². The topological polar surface area (TPSA) is 73.1 Å². The number of ether oxygens (including phenoxy) is 1. The number of fused-ring (bicyclic) bond motifs is 3. The number of rotatable bonds is 4. The van der Waals surface area contributed by atoms with Crippen LogP contribution in [0.5, 0.6) is 5.88 Å². The van der Waals surface area contributed by atoms with Gasteiger partial charge in [-0.05, 0) is 62.8 Å². The minimum absolute atomic E-state index is 0.0121. The predicted molar refractivity (Wildman–Crippen MR) is 117 cm³/mol. The number of hydrogen-bond donors (Lipinski definition) is 0. The second kappa shape index (κ2) is 7.96. The Morgan fingerprint density at radius 2 is 1.94 bits per heavy atom. The first-order valence-electron chi connectivity index (χ1n) is 10.6. The summed E-state index contributed by atoms with van der Waals surface area (Å²) in [5, 5.41) is 8.96. The standard InChI is InChI=1S/C23H24ClN5O2/c1-14-3-5-19(29-26-7-8-27-29)17(9-14)23(30)28-13-16-4-6-20(28)21(11-16)31-22-18(24)10-15(2)12-25-22/h3,5,7-10,12,16,20-21H,4,6,11,13H2,1-2H3. The maximum absolute atomic E-state index is 13.7. The minimum atomic E-state index is -0.125. The van der Waals surface area contributed by atoms with Crippen molar-refractivity contribution < 1.29 is 9.53 Å². The van der Waals surface area contributed by atoms with Gasteiger partial charge in [0.25, 0.3) is 5.91 Å². The Morgan fingerprint density at radius 1 is 1.13 bits per heavy atom. The normalized spacial score (nSPS) is 22.5. The zero-order chi connectivity index (χ0) is 21.5. The SMILES string of the molecule is Cc1cnc(OC2CC3CCC2N(C(=O)c2cc(C)ccc2-n2nccn2)C3)c(Cl)c1. The molecule has 2 aliphatic heterocycles. The molecule has 4 heterocycles. The van der Waals surface area contributed by atoms with Crippen molar-refractivity contribution in [3.8, 4) is 11.6 Å². The molecule has 3 fully saturated rings. The van der Waals surface area contributed by atoms with E-state index in [1.165, 1.54) is 4.80 Å². The fraction of sp³-hybridized carbons (Fsp3) is 0.391. The van der Waals surface area contributed by atoms with Gasteiger partial charge in [0.15, 0.2) is 0 Å². The molecule has 7 nitrogen and oxygen atoms in total. The van der Waals surface area contributed by atoms with Gasteiger partial charge >= 0.3 is 0 Å². The molecule has 0 radical (unpaired) electrons. The molecule has 31 heavy (non-hydrogen) atoms. The summed E-state index contributed by atoms with van der Waals surface area (Å²) in [6, 6.07) is 7.61. The third-order valence-corrected chi connectivity index (χ3v) is 6.48. The fourth-order valence-electron chi connectivity index (χ4n) is 4.73. The Balaban J connectivity index is 1.44. The number of halogens is 1. The van der Waals surface area contributed by atoms with Crippen LogP contribution in [0.1, 0.15) is 40.7 Å². The van der Waals surface area contributed by atoms with Gasteiger partial charge in [0.05, 0.1) is 29.7 Å². The summed E-state index contributed by atoms with van der Waals surface area (Å²) in [4.78, 5) is 21.6. The highest BCUT2D eigenvalue weighted by molar-refractivity contribution is 6.31. The van der Waals surface area contributed by atoms with Crippen molar-refractivity contribution in [3.05, 3.63) is 64.6 Å². The minimum Gasteiger partial charge on any atom is -0.471 e. The van der Waals surface area contributed by atoms with Crippen molar-refractivity contribution in [1.82, 2.24) is 24.9 Å². The van der Waals surface area contributed by atoms with Crippen LogP contribution < -0.4 is 4.74 Å².